The number of rotatable bonds is 4. The fourth-order valence-electron chi connectivity index (χ4n) is 3.09. The predicted molar refractivity (Wildman–Crippen MR) is 112 cm³/mol. The quantitative estimate of drug-likeness (QED) is 0.655. The van der Waals surface area contributed by atoms with E-state index in [1.54, 1.807) is 31.4 Å². The largest absolute Gasteiger partial charge is 0.350 e. The van der Waals surface area contributed by atoms with E-state index in [0.29, 0.717) is 40.6 Å². The minimum Gasteiger partial charge on any atom is -0.350 e. The Kier molecular flexibility index (Phi) is 5.07. The Bertz CT molecular complexity index is 1010. The SMILES string of the molecule is CN1C(=O)N(c2c(Cl)cccc2Cl)Cc2cnc(NCc3ccccc3)nc21. The van der Waals surface area contributed by atoms with Crippen LogP contribution in [0.3, 0.4) is 0 Å². The third-order valence-corrected chi connectivity index (χ3v) is 5.12. The van der Waals surface area contributed by atoms with Gasteiger partial charge in [0.1, 0.15) is 5.82 Å². The molecule has 0 atom stereocenters. The van der Waals surface area contributed by atoms with Crippen molar-refractivity contribution >= 4 is 46.7 Å². The van der Waals surface area contributed by atoms with E-state index in [9.17, 15) is 4.79 Å². The summed E-state index contributed by atoms with van der Waals surface area (Å²) in [6.45, 7) is 0.888. The first-order valence-electron chi connectivity index (χ1n) is 8.67. The lowest BCUT2D eigenvalue weighted by atomic mass is 10.2. The zero-order chi connectivity index (χ0) is 19.7. The van der Waals surface area contributed by atoms with Crippen LogP contribution in [0.25, 0.3) is 0 Å². The van der Waals surface area contributed by atoms with Gasteiger partial charge in [-0.1, -0.05) is 59.6 Å². The first-order chi connectivity index (χ1) is 13.5. The number of carbonyl (C=O) groups is 1. The molecular formula is C20H17Cl2N5O. The zero-order valence-corrected chi connectivity index (χ0v) is 16.6. The number of urea groups is 1. The highest BCUT2D eigenvalue weighted by molar-refractivity contribution is 6.40. The van der Waals surface area contributed by atoms with Crippen LogP contribution in [0.1, 0.15) is 11.1 Å². The second-order valence-corrected chi connectivity index (χ2v) is 7.19. The van der Waals surface area contributed by atoms with Gasteiger partial charge in [-0.05, 0) is 17.7 Å². The van der Waals surface area contributed by atoms with Gasteiger partial charge in [-0.3, -0.25) is 9.80 Å². The average Bonchev–Trinajstić information content (AvgIpc) is 2.71. The maximum Gasteiger partial charge on any atom is 0.330 e. The molecule has 4 rings (SSSR count). The molecule has 1 aliphatic heterocycles. The van der Waals surface area contributed by atoms with Gasteiger partial charge in [0.25, 0.3) is 0 Å². The Labute approximate surface area is 172 Å². The van der Waals surface area contributed by atoms with Gasteiger partial charge in [-0.25, -0.2) is 9.78 Å². The molecule has 2 aromatic carbocycles. The van der Waals surface area contributed by atoms with Crippen LogP contribution in [-0.4, -0.2) is 23.0 Å². The second kappa shape index (κ2) is 7.66. The van der Waals surface area contributed by atoms with Gasteiger partial charge >= 0.3 is 6.03 Å². The molecule has 1 N–H and O–H groups in total. The Morgan fingerprint density at radius 2 is 1.79 bits per heavy atom. The van der Waals surface area contributed by atoms with Gasteiger partial charge in [0, 0.05) is 25.4 Å². The Hall–Kier alpha value is -2.83. The molecule has 0 spiro atoms. The van der Waals surface area contributed by atoms with Crippen LogP contribution in [0.4, 0.5) is 22.2 Å². The molecule has 0 saturated heterocycles. The second-order valence-electron chi connectivity index (χ2n) is 6.38. The number of nitrogens with zero attached hydrogens (tertiary/aromatic N) is 4. The van der Waals surface area contributed by atoms with E-state index in [1.165, 1.54) is 9.80 Å². The van der Waals surface area contributed by atoms with Crippen LogP contribution in [0, 0.1) is 0 Å². The van der Waals surface area contributed by atoms with Crippen LogP contribution in [-0.2, 0) is 13.1 Å². The number of halogens is 2. The number of nitrogens with one attached hydrogen (secondary N) is 1. The number of aromatic nitrogens is 2. The van der Waals surface area contributed by atoms with Gasteiger partial charge < -0.3 is 5.32 Å². The van der Waals surface area contributed by atoms with Crippen LogP contribution in [0.2, 0.25) is 10.0 Å². The van der Waals surface area contributed by atoms with E-state index >= 15 is 0 Å². The van der Waals surface area contributed by atoms with Gasteiger partial charge in [-0.2, -0.15) is 4.98 Å². The van der Waals surface area contributed by atoms with Crippen molar-refractivity contribution in [3.63, 3.8) is 0 Å². The van der Waals surface area contributed by atoms with Crippen LogP contribution in [0.5, 0.6) is 0 Å². The zero-order valence-electron chi connectivity index (χ0n) is 15.1. The normalized spacial score (nSPS) is 13.5. The molecule has 0 unspecified atom stereocenters. The van der Waals surface area contributed by atoms with E-state index in [1.807, 2.05) is 30.3 Å². The Morgan fingerprint density at radius 1 is 1.07 bits per heavy atom. The molecule has 0 radical (unpaired) electrons. The summed E-state index contributed by atoms with van der Waals surface area (Å²) in [6, 6.07) is 14.9. The molecular weight excluding hydrogens is 397 g/mol. The standard InChI is InChI=1S/C20H17Cl2N5O/c1-26-18-14(11-24-19(25-18)23-10-13-6-3-2-4-7-13)12-27(20(26)28)17-15(21)8-5-9-16(17)22/h2-9,11H,10,12H2,1H3,(H,23,24,25). The Morgan fingerprint density at radius 3 is 2.50 bits per heavy atom. The van der Waals surface area contributed by atoms with E-state index < -0.39 is 0 Å². The Balaban J connectivity index is 1.60. The van der Waals surface area contributed by atoms with Crippen molar-refractivity contribution in [3.8, 4) is 0 Å². The lowest BCUT2D eigenvalue weighted by Crippen LogP contribution is -2.46. The molecule has 2 amide bonds. The molecule has 8 heteroatoms. The number of benzene rings is 2. The summed E-state index contributed by atoms with van der Waals surface area (Å²) in [5.41, 5.74) is 2.41. The maximum atomic E-state index is 12.9. The molecule has 1 aromatic heterocycles. The molecule has 142 valence electrons. The number of fused-ring (bicyclic) bond motifs is 1. The summed E-state index contributed by atoms with van der Waals surface area (Å²) >= 11 is 12.6. The lowest BCUT2D eigenvalue weighted by molar-refractivity contribution is 0.251. The van der Waals surface area contributed by atoms with Gasteiger partial charge in [-0.15, -0.1) is 0 Å². The van der Waals surface area contributed by atoms with Crippen LogP contribution < -0.4 is 15.1 Å². The summed E-state index contributed by atoms with van der Waals surface area (Å²) < 4.78 is 0. The lowest BCUT2D eigenvalue weighted by Gasteiger charge is -2.34. The number of hydrogen-bond acceptors (Lipinski definition) is 4. The molecule has 0 saturated carbocycles. The van der Waals surface area contributed by atoms with Gasteiger partial charge in [0.2, 0.25) is 5.95 Å². The van der Waals surface area contributed by atoms with Gasteiger partial charge in [0.15, 0.2) is 0 Å². The summed E-state index contributed by atoms with van der Waals surface area (Å²) in [6.07, 6.45) is 1.72. The molecule has 1 aliphatic rings. The highest BCUT2D eigenvalue weighted by Gasteiger charge is 2.32. The highest BCUT2D eigenvalue weighted by atomic mass is 35.5. The van der Waals surface area contributed by atoms with Crippen molar-refractivity contribution in [2.45, 2.75) is 13.1 Å². The van der Waals surface area contributed by atoms with E-state index in [2.05, 4.69) is 15.3 Å². The molecule has 6 nitrogen and oxygen atoms in total. The molecule has 28 heavy (non-hydrogen) atoms. The minimum absolute atomic E-state index is 0.254. The number of carbonyl (C=O) groups excluding carboxylic acids is 1. The number of anilines is 3. The van der Waals surface area contributed by atoms with Crippen molar-refractivity contribution in [3.05, 3.63) is 75.9 Å². The van der Waals surface area contributed by atoms with E-state index in [4.69, 9.17) is 23.2 Å². The van der Waals surface area contributed by atoms with Crippen LogP contribution >= 0.6 is 23.2 Å². The average molecular weight is 414 g/mol. The summed E-state index contributed by atoms with van der Waals surface area (Å²) in [4.78, 5) is 24.9. The predicted octanol–water partition coefficient (Wildman–Crippen LogP) is 4.97. The highest BCUT2D eigenvalue weighted by Crippen LogP contribution is 2.38. The first kappa shape index (κ1) is 18.5. The summed E-state index contributed by atoms with van der Waals surface area (Å²) in [5, 5.41) is 4.02. The number of para-hydroxylation sites is 1. The summed E-state index contributed by atoms with van der Waals surface area (Å²) in [5.74, 6) is 1.03. The fraction of sp³-hybridized carbons (Fsp3) is 0.150. The minimum atomic E-state index is -0.254. The van der Waals surface area contributed by atoms with Crippen molar-refractivity contribution in [2.75, 3.05) is 22.2 Å². The van der Waals surface area contributed by atoms with Gasteiger partial charge in [0.05, 0.1) is 22.3 Å². The molecule has 3 aromatic rings. The summed E-state index contributed by atoms with van der Waals surface area (Å²) in [7, 11) is 1.67. The molecule has 0 aliphatic carbocycles. The third-order valence-electron chi connectivity index (χ3n) is 4.51. The fourth-order valence-corrected chi connectivity index (χ4v) is 3.69. The number of hydrogen-bond donors (Lipinski definition) is 1. The maximum absolute atomic E-state index is 12.9. The van der Waals surface area contributed by atoms with Crippen molar-refractivity contribution < 1.29 is 4.79 Å². The van der Waals surface area contributed by atoms with E-state index in [0.717, 1.165) is 11.1 Å². The monoisotopic (exact) mass is 413 g/mol. The van der Waals surface area contributed by atoms with E-state index in [-0.39, 0.29) is 6.03 Å². The smallest absolute Gasteiger partial charge is 0.330 e. The molecule has 0 bridgehead atoms. The topological polar surface area (TPSA) is 61.4 Å². The molecule has 0 fully saturated rings. The van der Waals surface area contributed by atoms with Crippen LogP contribution in [0.15, 0.2) is 54.7 Å². The van der Waals surface area contributed by atoms with Crippen molar-refractivity contribution in [1.29, 1.82) is 0 Å². The third kappa shape index (κ3) is 3.48. The molecule has 2 heterocycles. The first-order valence-corrected chi connectivity index (χ1v) is 9.43. The van der Waals surface area contributed by atoms with Crippen molar-refractivity contribution in [2.24, 2.45) is 0 Å². The van der Waals surface area contributed by atoms with Crippen molar-refractivity contribution in [1.82, 2.24) is 9.97 Å². The number of amides is 2.